The molecular formula is C27H31N3O2S. The van der Waals surface area contributed by atoms with Crippen LogP contribution >= 0.6 is 0 Å². The van der Waals surface area contributed by atoms with Gasteiger partial charge in [-0.1, -0.05) is 24.3 Å². The average Bonchev–Trinajstić information content (AvgIpc) is 2.81. The monoisotopic (exact) mass is 461 g/mol. The van der Waals surface area contributed by atoms with Gasteiger partial charge in [-0.2, -0.15) is 0 Å². The summed E-state index contributed by atoms with van der Waals surface area (Å²) in [4.78, 5) is 7.10. The topological polar surface area (TPSA) is 62.3 Å². The molecule has 3 aromatic rings. The average molecular weight is 462 g/mol. The molecule has 3 heterocycles. The zero-order valence-corrected chi connectivity index (χ0v) is 20.2. The van der Waals surface area contributed by atoms with Crippen molar-refractivity contribution in [2.24, 2.45) is 0 Å². The number of nitrogens with one attached hydrogen (secondary N) is 1. The maximum Gasteiger partial charge on any atom is 0.150 e. The van der Waals surface area contributed by atoms with Crippen molar-refractivity contribution in [3.63, 3.8) is 0 Å². The third-order valence-electron chi connectivity index (χ3n) is 7.04. The normalized spacial score (nSPS) is 18.6. The molecule has 5 rings (SSSR count). The number of fused-ring (bicyclic) bond motifs is 1. The Kier molecular flexibility index (Phi) is 5.97. The molecule has 33 heavy (non-hydrogen) atoms. The lowest BCUT2D eigenvalue weighted by molar-refractivity contribution is 0.167. The number of nitrogens with zero attached hydrogens (tertiary/aromatic N) is 2. The molecule has 2 aliphatic rings. The van der Waals surface area contributed by atoms with Crippen molar-refractivity contribution in [1.82, 2.24) is 9.88 Å². The SMILES string of the molecule is Cc1ccc(-c2cc(Nc3cccc4c3CCN(C3CCS(=O)(=O)CC3)C4)ccc2C)nc1. The van der Waals surface area contributed by atoms with E-state index in [-0.39, 0.29) is 0 Å². The number of aromatic nitrogens is 1. The maximum absolute atomic E-state index is 11.8. The molecule has 2 aromatic carbocycles. The summed E-state index contributed by atoms with van der Waals surface area (Å²) in [6.07, 6.45) is 4.40. The highest BCUT2D eigenvalue weighted by atomic mass is 32.2. The Morgan fingerprint density at radius 3 is 2.61 bits per heavy atom. The Morgan fingerprint density at radius 2 is 1.85 bits per heavy atom. The van der Waals surface area contributed by atoms with E-state index >= 15 is 0 Å². The van der Waals surface area contributed by atoms with E-state index in [4.69, 9.17) is 0 Å². The van der Waals surface area contributed by atoms with Gasteiger partial charge in [-0.3, -0.25) is 9.88 Å². The Bertz CT molecular complexity index is 1260. The molecule has 0 unspecified atom stereocenters. The highest BCUT2D eigenvalue weighted by molar-refractivity contribution is 7.91. The highest BCUT2D eigenvalue weighted by Crippen LogP contribution is 2.33. The van der Waals surface area contributed by atoms with Crippen molar-refractivity contribution >= 4 is 21.2 Å². The lowest BCUT2D eigenvalue weighted by Gasteiger charge is -2.38. The number of benzene rings is 2. The van der Waals surface area contributed by atoms with Gasteiger partial charge in [-0.05, 0) is 79.6 Å². The Labute approximate surface area is 196 Å². The minimum Gasteiger partial charge on any atom is -0.355 e. The van der Waals surface area contributed by atoms with Gasteiger partial charge in [0.2, 0.25) is 0 Å². The molecule has 1 saturated heterocycles. The van der Waals surface area contributed by atoms with Crippen LogP contribution in [-0.4, -0.2) is 42.4 Å². The molecule has 0 aliphatic carbocycles. The van der Waals surface area contributed by atoms with Crippen molar-refractivity contribution in [2.45, 2.75) is 45.7 Å². The molecule has 6 heteroatoms. The quantitative estimate of drug-likeness (QED) is 0.589. The number of anilines is 2. The largest absolute Gasteiger partial charge is 0.355 e. The van der Waals surface area contributed by atoms with E-state index in [2.05, 4.69) is 77.6 Å². The van der Waals surface area contributed by atoms with Crippen LogP contribution < -0.4 is 5.32 Å². The highest BCUT2D eigenvalue weighted by Gasteiger charge is 2.30. The van der Waals surface area contributed by atoms with Crippen LogP contribution in [0.2, 0.25) is 0 Å². The van der Waals surface area contributed by atoms with E-state index in [9.17, 15) is 8.42 Å². The van der Waals surface area contributed by atoms with E-state index in [0.29, 0.717) is 17.5 Å². The Hall–Kier alpha value is -2.70. The second-order valence-corrected chi connectivity index (χ2v) is 11.7. The second-order valence-electron chi connectivity index (χ2n) is 9.42. The number of hydrogen-bond donors (Lipinski definition) is 1. The minimum absolute atomic E-state index is 0.328. The predicted octanol–water partition coefficient (Wildman–Crippen LogP) is 5.04. The van der Waals surface area contributed by atoms with E-state index in [0.717, 1.165) is 60.5 Å². The van der Waals surface area contributed by atoms with Gasteiger partial charge in [-0.25, -0.2) is 8.42 Å². The Balaban J connectivity index is 1.35. The van der Waals surface area contributed by atoms with E-state index in [1.165, 1.54) is 16.7 Å². The van der Waals surface area contributed by atoms with E-state index < -0.39 is 9.84 Å². The first kappa shape index (κ1) is 22.1. The second kappa shape index (κ2) is 8.92. The van der Waals surface area contributed by atoms with Gasteiger partial charge >= 0.3 is 0 Å². The summed E-state index contributed by atoms with van der Waals surface area (Å²) in [6, 6.07) is 17.5. The summed E-state index contributed by atoms with van der Waals surface area (Å²) in [6.45, 7) is 6.04. The minimum atomic E-state index is -2.83. The molecule has 2 aliphatic heterocycles. The third kappa shape index (κ3) is 4.82. The van der Waals surface area contributed by atoms with E-state index in [1.807, 2.05) is 6.20 Å². The van der Waals surface area contributed by atoms with Crippen molar-refractivity contribution in [3.05, 3.63) is 77.0 Å². The van der Waals surface area contributed by atoms with Gasteiger partial charge in [0.05, 0.1) is 17.2 Å². The van der Waals surface area contributed by atoms with Gasteiger partial charge in [0, 0.05) is 42.3 Å². The maximum atomic E-state index is 11.8. The first-order chi connectivity index (χ1) is 15.9. The number of hydrogen-bond acceptors (Lipinski definition) is 5. The first-order valence-electron chi connectivity index (χ1n) is 11.7. The van der Waals surface area contributed by atoms with Crippen LogP contribution in [0.15, 0.2) is 54.7 Å². The van der Waals surface area contributed by atoms with Crippen LogP contribution in [0.3, 0.4) is 0 Å². The molecule has 172 valence electrons. The summed E-state index contributed by atoms with van der Waals surface area (Å²) in [7, 11) is -2.83. The molecule has 0 spiro atoms. The number of rotatable bonds is 4. The molecular weight excluding hydrogens is 430 g/mol. The van der Waals surface area contributed by atoms with Crippen LogP contribution in [0, 0.1) is 13.8 Å². The predicted molar refractivity (Wildman–Crippen MR) is 135 cm³/mol. The number of aryl methyl sites for hydroxylation is 2. The van der Waals surface area contributed by atoms with Crippen molar-refractivity contribution in [3.8, 4) is 11.3 Å². The fourth-order valence-corrected chi connectivity index (χ4v) is 6.53. The van der Waals surface area contributed by atoms with Gasteiger partial charge < -0.3 is 5.32 Å². The molecule has 1 fully saturated rings. The summed E-state index contributed by atoms with van der Waals surface area (Å²) >= 11 is 0. The zero-order valence-electron chi connectivity index (χ0n) is 19.3. The Morgan fingerprint density at radius 1 is 1.03 bits per heavy atom. The lowest BCUT2D eigenvalue weighted by atomic mass is 9.95. The fourth-order valence-electron chi connectivity index (χ4n) is 5.06. The standard InChI is InChI=1S/C27H31N3O2S/c1-19-6-9-26(28-17-19)25-16-22(8-7-20(25)2)29-27-5-3-4-21-18-30(13-10-24(21)27)23-11-14-33(31,32)15-12-23/h3-9,16-17,23,29H,10-15,18H2,1-2H3. The lowest BCUT2D eigenvalue weighted by Crippen LogP contribution is -2.43. The molecule has 0 radical (unpaired) electrons. The number of sulfone groups is 1. The van der Waals surface area contributed by atoms with Crippen molar-refractivity contribution in [2.75, 3.05) is 23.4 Å². The van der Waals surface area contributed by atoms with Crippen LogP contribution in [0.25, 0.3) is 11.3 Å². The summed E-state index contributed by atoms with van der Waals surface area (Å²) in [5.74, 6) is 0.655. The van der Waals surface area contributed by atoms with Crippen molar-refractivity contribution < 1.29 is 8.42 Å². The summed E-state index contributed by atoms with van der Waals surface area (Å²) < 4.78 is 23.6. The summed E-state index contributed by atoms with van der Waals surface area (Å²) in [5, 5.41) is 3.66. The molecule has 0 saturated carbocycles. The van der Waals surface area contributed by atoms with Crippen LogP contribution in [-0.2, 0) is 22.8 Å². The molecule has 0 atom stereocenters. The molecule has 0 bridgehead atoms. The van der Waals surface area contributed by atoms with Gasteiger partial charge in [0.25, 0.3) is 0 Å². The number of pyridine rings is 1. The fraction of sp³-hybridized carbons (Fsp3) is 0.370. The third-order valence-corrected chi connectivity index (χ3v) is 8.76. The molecule has 1 N–H and O–H groups in total. The molecule has 5 nitrogen and oxygen atoms in total. The van der Waals surface area contributed by atoms with Gasteiger partial charge in [0.15, 0.2) is 0 Å². The van der Waals surface area contributed by atoms with Crippen molar-refractivity contribution in [1.29, 1.82) is 0 Å². The van der Waals surface area contributed by atoms with E-state index in [1.54, 1.807) is 0 Å². The molecule has 0 amide bonds. The first-order valence-corrected chi connectivity index (χ1v) is 13.6. The zero-order chi connectivity index (χ0) is 23.0. The van der Waals surface area contributed by atoms with Crippen LogP contribution in [0.4, 0.5) is 11.4 Å². The summed E-state index contributed by atoms with van der Waals surface area (Å²) in [5.41, 5.74) is 9.42. The van der Waals surface area contributed by atoms with Crippen LogP contribution in [0.1, 0.15) is 35.1 Å². The van der Waals surface area contributed by atoms with Gasteiger partial charge in [0.1, 0.15) is 9.84 Å². The molecule has 1 aromatic heterocycles. The van der Waals surface area contributed by atoms with Crippen LogP contribution in [0.5, 0.6) is 0 Å². The van der Waals surface area contributed by atoms with Gasteiger partial charge in [-0.15, -0.1) is 0 Å². The smallest absolute Gasteiger partial charge is 0.150 e.